The van der Waals surface area contributed by atoms with Gasteiger partial charge in [0.2, 0.25) is 0 Å². The summed E-state index contributed by atoms with van der Waals surface area (Å²) in [7, 11) is 1.83. The van der Waals surface area contributed by atoms with Gasteiger partial charge >= 0.3 is 0 Å². The molecule has 130 valence electrons. The molecule has 25 heavy (non-hydrogen) atoms. The third-order valence-corrected chi connectivity index (χ3v) is 4.39. The molecule has 2 aromatic heterocycles. The van der Waals surface area contributed by atoms with Crippen LogP contribution in [0.4, 0.5) is 0 Å². The number of nitrogens with zero attached hydrogens (tertiary/aromatic N) is 4. The lowest BCUT2D eigenvalue weighted by Gasteiger charge is -2.22. The Morgan fingerprint density at radius 3 is 2.64 bits per heavy atom. The second kappa shape index (κ2) is 6.63. The highest BCUT2D eigenvalue weighted by Gasteiger charge is 2.24. The largest absolute Gasteiger partial charge is 0.342 e. The molecule has 6 heteroatoms. The Bertz CT molecular complexity index is 929. The van der Waals surface area contributed by atoms with Gasteiger partial charge < -0.3 is 5.32 Å². The van der Waals surface area contributed by atoms with Crippen molar-refractivity contribution in [1.82, 2.24) is 25.1 Å². The molecule has 0 spiro atoms. The first kappa shape index (κ1) is 17.1. The minimum absolute atomic E-state index is 0.122. The van der Waals surface area contributed by atoms with Crippen molar-refractivity contribution >= 4 is 16.8 Å². The van der Waals surface area contributed by atoms with Crippen LogP contribution in [0.3, 0.4) is 0 Å². The van der Waals surface area contributed by atoms with Gasteiger partial charge in [-0.1, -0.05) is 32.0 Å². The van der Waals surface area contributed by atoms with Gasteiger partial charge in [0.15, 0.2) is 0 Å². The van der Waals surface area contributed by atoms with Crippen LogP contribution in [0.2, 0.25) is 0 Å². The fourth-order valence-corrected chi connectivity index (χ4v) is 3.04. The molecule has 0 fully saturated rings. The van der Waals surface area contributed by atoms with Crippen molar-refractivity contribution in [3.8, 4) is 0 Å². The van der Waals surface area contributed by atoms with Gasteiger partial charge in [0.05, 0.1) is 17.1 Å². The zero-order chi connectivity index (χ0) is 18.1. The summed E-state index contributed by atoms with van der Waals surface area (Å²) in [6.07, 6.45) is 1.51. The first-order valence-corrected chi connectivity index (χ1v) is 8.40. The number of benzene rings is 1. The Kier molecular flexibility index (Phi) is 4.53. The monoisotopic (exact) mass is 337 g/mol. The van der Waals surface area contributed by atoms with Gasteiger partial charge in [-0.2, -0.15) is 5.10 Å². The molecule has 0 aliphatic heterocycles. The van der Waals surface area contributed by atoms with Gasteiger partial charge in [-0.05, 0) is 31.4 Å². The minimum Gasteiger partial charge on any atom is -0.342 e. The number of hydrogen-bond donors (Lipinski definition) is 1. The van der Waals surface area contributed by atoms with Gasteiger partial charge in [-0.3, -0.25) is 14.5 Å². The molecule has 1 amide bonds. The lowest BCUT2D eigenvalue weighted by Crippen LogP contribution is -2.33. The summed E-state index contributed by atoms with van der Waals surface area (Å²) in [6, 6.07) is 7.52. The first-order chi connectivity index (χ1) is 11.9. The maximum Gasteiger partial charge on any atom is 0.252 e. The summed E-state index contributed by atoms with van der Waals surface area (Å²) in [6.45, 7) is 8.03. The van der Waals surface area contributed by atoms with Crippen molar-refractivity contribution in [3.63, 3.8) is 0 Å². The normalized spacial score (nSPS) is 12.6. The summed E-state index contributed by atoms with van der Waals surface area (Å²) < 4.78 is 1.70. The van der Waals surface area contributed by atoms with Gasteiger partial charge in [-0.25, -0.2) is 4.98 Å². The molecule has 1 atom stereocenters. The predicted molar refractivity (Wildman–Crippen MR) is 97.3 cm³/mol. The SMILES string of the molecule is Cc1cc(C(=O)N[C@H](c2ncnn2C)C(C)C)c2cccc(C)c2n1. The fourth-order valence-electron chi connectivity index (χ4n) is 3.04. The standard InChI is InChI=1S/C19H23N5O/c1-11(2)16(18-20-10-21-24(18)5)23-19(25)15-9-13(4)22-17-12(3)7-6-8-14(15)17/h6-11,16H,1-5H3,(H,23,25)/t16-/m0/s1. The maximum absolute atomic E-state index is 13.0. The number of pyridine rings is 1. The van der Waals surface area contributed by atoms with E-state index in [1.807, 2.05) is 45.2 Å². The Labute approximate surface area is 147 Å². The fraction of sp³-hybridized carbons (Fsp3) is 0.368. The number of aromatic nitrogens is 4. The molecule has 0 saturated carbocycles. The molecule has 3 rings (SSSR count). The number of hydrogen-bond acceptors (Lipinski definition) is 4. The van der Waals surface area contributed by atoms with Crippen LogP contribution in [-0.2, 0) is 7.05 Å². The summed E-state index contributed by atoms with van der Waals surface area (Å²) in [4.78, 5) is 21.9. The van der Waals surface area contributed by atoms with Crippen LogP contribution < -0.4 is 5.32 Å². The Morgan fingerprint density at radius 2 is 2.00 bits per heavy atom. The topological polar surface area (TPSA) is 72.7 Å². The molecule has 0 unspecified atom stereocenters. The van der Waals surface area contributed by atoms with E-state index in [1.54, 1.807) is 4.68 Å². The van der Waals surface area contributed by atoms with Crippen molar-refractivity contribution in [2.45, 2.75) is 33.7 Å². The smallest absolute Gasteiger partial charge is 0.252 e. The predicted octanol–water partition coefficient (Wildman–Crippen LogP) is 3.11. The van der Waals surface area contributed by atoms with Crippen LogP contribution in [-0.4, -0.2) is 25.7 Å². The van der Waals surface area contributed by atoms with Gasteiger partial charge in [0.25, 0.3) is 5.91 Å². The number of rotatable bonds is 4. The van der Waals surface area contributed by atoms with Crippen LogP contribution in [0.1, 0.15) is 47.3 Å². The molecular formula is C19H23N5O. The highest BCUT2D eigenvalue weighted by molar-refractivity contribution is 6.06. The van der Waals surface area contributed by atoms with Crippen molar-refractivity contribution < 1.29 is 4.79 Å². The van der Waals surface area contributed by atoms with Crippen molar-refractivity contribution in [2.24, 2.45) is 13.0 Å². The lowest BCUT2D eigenvalue weighted by atomic mass is 10.0. The molecule has 1 N–H and O–H groups in total. The number of para-hydroxylation sites is 1. The van der Waals surface area contributed by atoms with Crippen LogP contribution in [0.5, 0.6) is 0 Å². The van der Waals surface area contributed by atoms with E-state index in [2.05, 4.69) is 34.2 Å². The maximum atomic E-state index is 13.0. The lowest BCUT2D eigenvalue weighted by molar-refractivity contribution is 0.0923. The molecule has 0 bridgehead atoms. The third-order valence-electron chi connectivity index (χ3n) is 4.39. The van der Waals surface area contributed by atoms with Crippen LogP contribution >= 0.6 is 0 Å². The number of nitrogens with one attached hydrogen (secondary N) is 1. The molecule has 3 aromatic rings. The highest BCUT2D eigenvalue weighted by atomic mass is 16.1. The number of fused-ring (bicyclic) bond motifs is 1. The number of carbonyl (C=O) groups is 1. The zero-order valence-electron chi connectivity index (χ0n) is 15.2. The molecule has 0 radical (unpaired) electrons. The van der Waals surface area contributed by atoms with E-state index < -0.39 is 0 Å². The summed E-state index contributed by atoms with van der Waals surface area (Å²) in [5.41, 5.74) is 3.39. The first-order valence-electron chi connectivity index (χ1n) is 8.40. The van der Waals surface area contributed by atoms with Crippen LogP contribution in [0.15, 0.2) is 30.6 Å². The van der Waals surface area contributed by atoms with E-state index in [-0.39, 0.29) is 17.9 Å². The number of amides is 1. The number of aryl methyl sites for hydroxylation is 3. The van der Waals surface area contributed by atoms with Crippen molar-refractivity contribution in [3.05, 3.63) is 53.2 Å². The molecule has 0 aliphatic rings. The summed E-state index contributed by atoms with van der Waals surface area (Å²) in [5.74, 6) is 0.806. The highest BCUT2D eigenvalue weighted by Crippen LogP contribution is 2.24. The van der Waals surface area contributed by atoms with Crippen LogP contribution in [0, 0.1) is 19.8 Å². The van der Waals surface area contributed by atoms with Crippen molar-refractivity contribution in [2.75, 3.05) is 0 Å². The third kappa shape index (κ3) is 3.24. The zero-order valence-corrected chi connectivity index (χ0v) is 15.2. The average molecular weight is 337 g/mol. The van der Waals surface area contributed by atoms with E-state index in [1.165, 1.54) is 6.33 Å². The molecule has 2 heterocycles. The van der Waals surface area contributed by atoms with Gasteiger partial charge in [0, 0.05) is 18.1 Å². The molecule has 0 aliphatic carbocycles. The van der Waals surface area contributed by atoms with Crippen molar-refractivity contribution in [1.29, 1.82) is 0 Å². The Balaban J connectivity index is 2.02. The minimum atomic E-state index is -0.215. The molecular weight excluding hydrogens is 314 g/mol. The summed E-state index contributed by atoms with van der Waals surface area (Å²) >= 11 is 0. The molecule has 6 nitrogen and oxygen atoms in total. The van der Waals surface area contributed by atoms with E-state index in [9.17, 15) is 4.79 Å². The van der Waals surface area contributed by atoms with Gasteiger partial charge in [-0.15, -0.1) is 0 Å². The average Bonchev–Trinajstić information content (AvgIpc) is 2.98. The summed E-state index contributed by atoms with van der Waals surface area (Å²) in [5, 5.41) is 8.11. The van der Waals surface area contributed by atoms with Crippen LogP contribution in [0.25, 0.3) is 10.9 Å². The Morgan fingerprint density at radius 1 is 1.24 bits per heavy atom. The second-order valence-electron chi connectivity index (χ2n) is 6.72. The van der Waals surface area contributed by atoms with Gasteiger partial charge in [0.1, 0.15) is 12.2 Å². The molecule has 1 aromatic carbocycles. The quantitative estimate of drug-likeness (QED) is 0.794. The van der Waals surface area contributed by atoms with E-state index >= 15 is 0 Å². The second-order valence-corrected chi connectivity index (χ2v) is 6.72. The Hall–Kier alpha value is -2.76. The number of carbonyl (C=O) groups excluding carboxylic acids is 1. The molecule has 0 saturated heterocycles. The van der Waals surface area contributed by atoms with E-state index in [0.717, 1.165) is 28.0 Å². The van der Waals surface area contributed by atoms with E-state index in [0.29, 0.717) is 5.56 Å². The van der Waals surface area contributed by atoms with E-state index in [4.69, 9.17) is 0 Å².